The first-order chi connectivity index (χ1) is 23.4. The summed E-state index contributed by atoms with van der Waals surface area (Å²) in [5.74, 6) is -0.243. The summed E-state index contributed by atoms with van der Waals surface area (Å²) in [5, 5.41) is 20.4. The van der Waals surface area contributed by atoms with E-state index >= 15 is 0 Å². The zero-order valence-electron chi connectivity index (χ0n) is 32.3. The second kappa shape index (κ2) is 20.1. The molecule has 3 atom stereocenters. The number of Topliss-reactive ketones (excluding diaryl/α,β-unsaturated/α-hetero) is 1. The van der Waals surface area contributed by atoms with Gasteiger partial charge in [-0.1, -0.05) is 153 Å². The maximum atomic E-state index is 13.5. The smallest absolute Gasteiger partial charge is 0.330 e. The molecule has 0 aromatic carbocycles. The van der Waals surface area contributed by atoms with E-state index in [1.165, 1.54) is 17.2 Å². The number of esters is 1. The summed E-state index contributed by atoms with van der Waals surface area (Å²) < 4.78 is 5.41. The molecule has 0 aliphatic heterocycles. The summed E-state index contributed by atoms with van der Waals surface area (Å²) in [5.41, 5.74) is 6.78. The number of rotatable bonds is 15. The van der Waals surface area contributed by atoms with Crippen LogP contribution in [0.2, 0.25) is 0 Å². The third kappa shape index (κ3) is 14.6. The van der Waals surface area contributed by atoms with E-state index in [-0.39, 0.29) is 35.7 Å². The minimum atomic E-state index is -0.470. The van der Waals surface area contributed by atoms with Gasteiger partial charge in [0.05, 0.1) is 12.2 Å². The third-order valence-electron chi connectivity index (χ3n) is 9.45. The number of hydrogen-bond donors (Lipinski definition) is 2. The van der Waals surface area contributed by atoms with E-state index in [9.17, 15) is 19.8 Å². The normalized spacial score (nSPS) is 24.0. The van der Waals surface area contributed by atoms with Gasteiger partial charge in [-0.15, -0.1) is 0 Å². The SMILES string of the molecule is CC/C=C\C(=O)OC\C(=C/C=C/C(C)=C/C=C/C=C(C)/C=C/C=C(C)/C=C/[C@H]1C(C)=C[C@H](O)CC1(C)C)C(=O)CC1=C(C)C[C@@H](O)CC1(C)C. The molecule has 0 heterocycles. The van der Waals surface area contributed by atoms with Crippen LogP contribution in [0.25, 0.3) is 0 Å². The maximum absolute atomic E-state index is 13.5. The summed E-state index contributed by atoms with van der Waals surface area (Å²) in [6.45, 7) is 20.6. The standard InChI is InChI=1S/C45H62O5/c1-11-12-23-43(49)50-31-37(42(48)28-41-36(6)27-39(47)30-45(41,9)10)22-16-21-33(3)18-14-13-17-32(2)19-15-20-34(4)24-25-40-35(5)26-38(46)29-44(40,7)8/h12-26,38-40,46-47H,11,27-31H2,1-10H3/b14-13+,19-15+,21-16+,23-12-,25-24+,32-17+,33-18+,34-20+,37-22+/t38-,39+,40-/m0/s1. The molecular weight excluding hydrogens is 620 g/mol. The van der Waals surface area contributed by atoms with Crippen molar-refractivity contribution in [3.63, 3.8) is 0 Å². The number of carbonyl (C=O) groups is 2. The molecule has 0 radical (unpaired) electrons. The minimum absolute atomic E-state index is 0.0237. The lowest BCUT2D eigenvalue weighted by Gasteiger charge is -2.38. The Morgan fingerprint density at radius 2 is 1.42 bits per heavy atom. The van der Waals surface area contributed by atoms with Crippen molar-refractivity contribution < 1.29 is 24.5 Å². The Bertz CT molecular complexity index is 1540. The predicted molar refractivity (Wildman–Crippen MR) is 209 cm³/mol. The second-order valence-electron chi connectivity index (χ2n) is 15.3. The van der Waals surface area contributed by atoms with Gasteiger partial charge < -0.3 is 14.9 Å². The molecular formula is C45H62O5. The van der Waals surface area contributed by atoms with Gasteiger partial charge in [-0.05, 0) is 71.1 Å². The van der Waals surface area contributed by atoms with Gasteiger partial charge in [0, 0.05) is 24.0 Å². The number of ether oxygens (including phenoxy) is 1. The number of aliphatic hydroxyl groups is 2. The van der Waals surface area contributed by atoms with Crippen LogP contribution in [0.1, 0.15) is 101 Å². The van der Waals surface area contributed by atoms with Gasteiger partial charge in [0.15, 0.2) is 5.78 Å². The maximum Gasteiger partial charge on any atom is 0.330 e. The molecule has 0 aromatic rings. The first-order valence-corrected chi connectivity index (χ1v) is 18.0. The van der Waals surface area contributed by atoms with Crippen LogP contribution >= 0.6 is 0 Å². The third-order valence-corrected chi connectivity index (χ3v) is 9.45. The number of aliphatic hydroxyl groups excluding tert-OH is 2. The van der Waals surface area contributed by atoms with Gasteiger partial charge in [-0.3, -0.25) is 4.79 Å². The quantitative estimate of drug-likeness (QED) is 0.0777. The van der Waals surface area contributed by atoms with Gasteiger partial charge >= 0.3 is 5.97 Å². The van der Waals surface area contributed by atoms with Gasteiger partial charge in [0.2, 0.25) is 0 Å². The van der Waals surface area contributed by atoms with Crippen LogP contribution in [0.5, 0.6) is 0 Å². The summed E-state index contributed by atoms with van der Waals surface area (Å²) >= 11 is 0. The molecule has 5 nitrogen and oxygen atoms in total. The van der Waals surface area contributed by atoms with E-state index in [1.54, 1.807) is 12.2 Å². The van der Waals surface area contributed by atoms with E-state index < -0.39 is 12.1 Å². The van der Waals surface area contributed by atoms with Crippen molar-refractivity contribution in [2.45, 2.75) is 114 Å². The molecule has 272 valence electrons. The van der Waals surface area contributed by atoms with E-state index in [0.29, 0.717) is 24.3 Å². The van der Waals surface area contributed by atoms with Crippen molar-refractivity contribution in [1.82, 2.24) is 0 Å². The lowest BCUT2D eigenvalue weighted by atomic mass is 9.67. The molecule has 50 heavy (non-hydrogen) atoms. The van der Waals surface area contributed by atoms with E-state index in [0.717, 1.165) is 35.1 Å². The summed E-state index contributed by atoms with van der Waals surface area (Å²) in [6.07, 6.45) is 31.4. The van der Waals surface area contributed by atoms with E-state index in [4.69, 9.17) is 4.74 Å². The number of ketones is 1. The number of carbonyl (C=O) groups excluding carboxylic acids is 2. The van der Waals surface area contributed by atoms with Crippen LogP contribution < -0.4 is 0 Å². The Hall–Kier alpha value is -3.80. The first-order valence-electron chi connectivity index (χ1n) is 18.0. The molecule has 0 amide bonds. The van der Waals surface area contributed by atoms with Crippen LogP contribution in [0.3, 0.4) is 0 Å². The van der Waals surface area contributed by atoms with Crippen LogP contribution in [-0.4, -0.2) is 40.8 Å². The lowest BCUT2D eigenvalue weighted by molar-refractivity contribution is -0.137. The highest BCUT2D eigenvalue weighted by Crippen LogP contribution is 2.43. The highest BCUT2D eigenvalue weighted by Gasteiger charge is 2.35. The Morgan fingerprint density at radius 1 is 0.840 bits per heavy atom. The van der Waals surface area contributed by atoms with Crippen molar-refractivity contribution in [1.29, 1.82) is 0 Å². The zero-order valence-corrected chi connectivity index (χ0v) is 32.3. The predicted octanol–water partition coefficient (Wildman–Crippen LogP) is 10.3. The Kier molecular flexibility index (Phi) is 17.1. The van der Waals surface area contributed by atoms with Gasteiger partial charge in [0.25, 0.3) is 0 Å². The Labute approximate surface area is 302 Å². The fraction of sp³-hybridized carbons (Fsp3) is 0.467. The molecule has 2 N–H and O–H groups in total. The van der Waals surface area contributed by atoms with E-state index in [1.807, 2.05) is 63.3 Å². The number of allylic oxidation sites excluding steroid dienone is 18. The highest BCUT2D eigenvalue weighted by atomic mass is 16.5. The molecule has 0 saturated heterocycles. The molecule has 0 fully saturated rings. The van der Waals surface area contributed by atoms with Crippen molar-refractivity contribution in [3.05, 3.63) is 130 Å². The van der Waals surface area contributed by atoms with E-state index in [2.05, 4.69) is 78.8 Å². The summed E-state index contributed by atoms with van der Waals surface area (Å²) in [6, 6.07) is 0. The molecule has 0 saturated carbocycles. The zero-order chi connectivity index (χ0) is 37.5. The molecule has 2 rings (SSSR count). The van der Waals surface area contributed by atoms with Gasteiger partial charge in [-0.2, -0.15) is 0 Å². The van der Waals surface area contributed by atoms with Crippen LogP contribution in [0.15, 0.2) is 130 Å². The highest BCUT2D eigenvalue weighted by molar-refractivity contribution is 5.98. The monoisotopic (exact) mass is 682 g/mol. The van der Waals surface area contributed by atoms with Gasteiger partial charge in [-0.25, -0.2) is 4.79 Å². The molecule has 2 aliphatic carbocycles. The first kappa shape index (κ1) is 42.4. The number of hydrogen-bond acceptors (Lipinski definition) is 5. The van der Waals surface area contributed by atoms with Crippen LogP contribution in [0, 0.1) is 16.7 Å². The molecule has 0 unspecified atom stereocenters. The molecule has 0 aromatic heterocycles. The fourth-order valence-corrected chi connectivity index (χ4v) is 6.79. The van der Waals surface area contributed by atoms with Crippen molar-refractivity contribution in [2.24, 2.45) is 16.7 Å². The molecule has 0 spiro atoms. The summed E-state index contributed by atoms with van der Waals surface area (Å²) in [4.78, 5) is 25.6. The fourth-order valence-electron chi connectivity index (χ4n) is 6.79. The minimum Gasteiger partial charge on any atom is -0.458 e. The van der Waals surface area contributed by atoms with Crippen molar-refractivity contribution in [3.8, 4) is 0 Å². The Morgan fingerprint density at radius 3 is 2.00 bits per heavy atom. The lowest BCUT2D eigenvalue weighted by Crippen LogP contribution is -2.32. The average molecular weight is 683 g/mol. The second-order valence-corrected chi connectivity index (χ2v) is 15.3. The topological polar surface area (TPSA) is 83.8 Å². The van der Waals surface area contributed by atoms with Crippen molar-refractivity contribution in [2.75, 3.05) is 6.61 Å². The summed E-state index contributed by atoms with van der Waals surface area (Å²) in [7, 11) is 0. The molecule has 0 bridgehead atoms. The van der Waals surface area contributed by atoms with Crippen LogP contribution in [0.4, 0.5) is 0 Å². The Balaban J connectivity index is 2.07. The van der Waals surface area contributed by atoms with Gasteiger partial charge in [0.1, 0.15) is 6.61 Å². The average Bonchev–Trinajstić information content (AvgIpc) is 3.00. The van der Waals surface area contributed by atoms with Crippen molar-refractivity contribution >= 4 is 11.8 Å². The largest absolute Gasteiger partial charge is 0.458 e. The molecule has 2 aliphatic rings. The van der Waals surface area contributed by atoms with Crippen LogP contribution in [-0.2, 0) is 14.3 Å². The molecule has 5 heteroatoms.